The molecule has 1 saturated carbocycles. The van der Waals surface area contributed by atoms with Crippen LogP contribution in [0.1, 0.15) is 32.1 Å². The van der Waals surface area contributed by atoms with Crippen LogP contribution in [-0.4, -0.2) is 35.3 Å². The fourth-order valence-electron chi connectivity index (χ4n) is 3.33. The van der Waals surface area contributed by atoms with Gasteiger partial charge in [0.2, 0.25) is 11.8 Å². The van der Waals surface area contributed by atoms with Gasteiger partial charge in [-0.15, -0.1) is 0 Å². The van der Waals surface area contributed by atoms with Crippen molar-refractivity contribution in [2.24, 2.45) is 5.92 Å². The SMILES string of the molecule is O=C(CN(C(=O)C1CSC(=O)C1)c1ccccc1F)NC1CCCC1. The summed E-state index contributed by atoms with van der Waals surface area (Å²) in [6.07, 6.45) is 4.18. The van der Waals surface area contributed by atoms with Crippen LogP contribution in [0, 0.1) is 11.7 Å². The predicted octanol–water partition coefficient (Wildman–Crippen LogP) is 2.50. The number of benzene rings is 1. The van der Waals surface area contributed by atoms with Crippen molar-refractivity contribution in [3.63, 3.8) is 0 Å². The highest BCUT2D eigenvalue weighted by Crippen LogP contribution is 2.29. The molecule has 1 aliphatic heterocycles. The Morgan fingerprint density at radius 2 is 1.96 bits per heavy atom. The van der Waals surface area contributed by atoms with Crippen LogP contribution in [0.4, 0.5) is 10.1 Å². The van der Waals surface area contributed by atoms with Gasteiger partial charge in [0.05, 0.1) is 11.6 Å². The van der Waals surface area contributed by atoms with Gasteiger partial charge in [0.1, 0.15) is 12.4 Å². The molecule has 0 bridgehead atoms. The van der Waals surface area contributed by atoms with Crippen LogP contribution in [0.15, 0.2) is 24.3 Å². The molecule has 25 heavy (non-hydrogen) atoms. The second-order valence-corrected chi connectivity index (χ2v) is 7.59. The largest absolute Gasteiger partial charge is 0.352 e. The van der Waals surface area contributed by atoms with Gasteiger partial charge in [-0.25, -0.2) is 4.39 Å². The zero-order chi connectivity index (χ0) is 17.8. The number of carbonyl (C=O) groups excluding carboxylic acids is 3. The normalized spacial score (nSPS) is 20.7. The van der Waals surface area contributed by atoms with E-state index in [-0.39, 0.29) is 41.6 Å². The van der Waals surface area contributed by atoms with Crippen molar-refractivity contribution in [1.82, 2.24) is 5.32 Å². The van der Waals surface area contributed by atoms with E-state index in [0.29, 0.717) is 5.75 Å². The van der Waals surface area contributed by atoms with Gasteiger partial charge in [0.25, 0.3) is 0 Å². The monoisotopic (exact) mass is 364 g/mol. The molecule has 1 aliphatic carbocycles. The highest BCUT2D eigenvalue weighted by molar-refractivity contribution is 8.14. The van der Waals surface area contributed by atoms with Crippen molar-refractivity contribution in [3.8, 4) is 0 Å². The molecule has 0 radical (unpaired) electrons. The van der Waals surface area contributed by atoms with E-state index in [0.717, 1.165) is 37.4 Å². The summed E-state index contributed by atoms with van der Waals surface area (Å²) in [5, 5.41) is 2.89. The number of carbonyl (C=O) groups is 3. The van der Waals surface area contributed by atoms with Gasteiger partial charge in [-0.05, 0) is 25.0 Å². The van der Waals surface area contributed by atoms with Gasteiger partial charge in [0, 0.05) is 18.2 Å². The molecule has 1 atom stereocenters. The van der Waals surface area contributed by atoms with Crippen molar-refractivity contribution in [1.29, 1.82) is 0 Å². The number of halogens is 1. The summed E-state index contributed by atoms with van der Waals surface area (Å²) in [4.78, 5) is 37.9. The van der Waals surface area contributed by atoms with Crippen LogP contribution in [0.3, 0.4) is 0 Å². The van der Waals surface area contributed by atoms with Crippen molar-refractivity contribution in [3.05, 3.63) is 30.1 Å². The number of para-hydroxylation sites is 1. The zero-order valence-electron chi connectivity index (χ0n) is 13.9. The second-order valence-electron chi connectivity index (χ2n) is 6.51. The molecule has 0 aromatic heterocycles. The van der Waals surface area contributed by atoms with Crippen LogP contribution in [0.5, 0.6) is 0 Å². The molecule has 5 nitrogen and oxygen atoms in total. The lowest BCUT2D eigenvalue weighted by Crippen LogP contribution is -2.46. The first kappa shape index (κ1) is 17.9. The average molecular weight is 364 g/mol. The maximum Gasteiger partial charge on any atom is 0.240 e. The Morgan fingerprint density at radius 3 is 2.60 bits per heavy atom. The first-order valence-corrected chi connectivity index (χ1v) is 9.54. The Hall–Kier alpha value is -1.89. The van der Waals surface area contributed by atoms with Crippen LogP contribution in [0.2, 0.25) is 0 Å². The summed E-state index contributed by atoms with van der Waals surface area (Å²) in [6.45, 7) is -0.231. The van der Waals surface area contributed by atoms with Crippen LogP contribution in [-0.2, 0) is 14.4 Å². The van der Waals surface area contributed by atoms with Crippen LogP contribution < -0.4 is 10.2 Å². The van der Waals surface area contributed by atoms with Gasteiger partial charge in [-0.1, -0.05) is 36.7 Å². The molecule has 134 valence electrons. The van der Waals surface area contributed by atoms with E-state index in [1.54, 1.807) is 6.07 Å². The number of rotatable bonds is 5. The number of thioether (sulfide) groups is 1. The molecule has 2 amide bonds. The molecule has 7 heteroatoms. The number of hydrogen-bond donors (Lipinski definition) is 1. The molecule has 2 aliphatic rings. The van der Waals surface area contributed by atoms with Gasteiger partial charge in [-0.2, -0.15) is 0 Å². The summed E-state index contributed by atoms with van der Waals surface area (Å²) in [5.74, 6) is -1.34. The number of anilines is 1. The van der Waals surface area contributed by atoms with Crippen molar-refractivity contribution < 1.29 is 18.8 Å². The van der Waals surface area contributed by atoms with E-state index < -0.39 is 11.7 Å². The summed E-state index contributed by atoms with van der Waals surface area (Å²) in [5.41, 5.74) is 0.0819. The van der Waals surface area contributed by atoms with Gasteiger partial charge < -0.3 is 5.32 Å². The molecule has 0 spiro atoms. The van der Waals surface area contributed by atoms with E-state index in [1.165, 1.54) is 23.1 Å². The Morgan fingerprint density at radius 1 is 1.24 bits per heavy atom. The van der Waals surface area contributed by atoms with Crippen molar-refractivity contribution in [2.75, 3.05) is 17.2 Å². The topological polar surface area (TPSA) is 66.5 Å². The lowest BCUT2D eigenvalue weighted by molar-refractivity contribution is -0.126. The van der Waals surface area contributed by atoms with E-state index in [9.17, 15) is 18.8 Å². The molecule has 1 heterocycles. The number of nitrogens with one attached hydrogen (secondary N) is 1. The lowest BCUT2D eigenvalue weighted by atomic mass is 10.1. The van der Waals surface area contributed by atoms with E-state index in [1.807, 2.05) is 0 Å². The minimum absolute atomic E-state index is 0.0396. The van der Waals surface area contributed by atoms with Crippen molar-refractivity contribution in [2.45, 2.75) is 38.1 Å². The molecule has 1 saturated heterocycles. The van der Waals surface area contributed by atoms with E-state index in [2.05, 4.69) is 5.32 Å². The zero-order valence-corrected chi connectivity index (χ0v) is 14.7. The molecule has 2 fully saturated rings. The minimum atomic E-state index is -0.554. The smallest absolute Gasteiger partial charge is 0.240 e. The third-order valence-electron chi connectivity index (χ3n) is 4.64. The molecule has 1 unspecified atom stereocenters. The van der Waals surface area contributed by atoms with Gasteiger partial charge >= 0.3 is 0 Å². The highest BCUT2D eigenvalue weighted by Gasteiger charge is 2.34. The summed E-state index contributed by atoms with van der Waals surface area (Å²) >= 11 is 1.11. The first-order valence-electron chi connectivity index (χ1n) is 8.55. The standard InChI is InChI=1S/C18H21FN2O3S/c19-14-7-3-4-8-15(14)21(18(24)12-9-17(23)25-11-12)10-16(22)20-13-5-1-2-6-13/h3-4,7-8,12-13H,1-2,5-6,9-11H2,(H,20,22). The third kappa shape index (κ3) is 4.39. The number of hydrogen-bond acceptors (Lipinski definition) is 4. The molecular formula is C18H21FN2O3S. The molecule has 1 aromatic rings. The minimum Gasteiger partial charge on any atom is -0.352 e. The lowest BCUT2D eigenvalue weighted by Gasteiger charge is -2.26. The quantitative estimate of drug-likeness (QED) is 0.872. The third-order valence-corrected chi connectivity index (χ3v) is 5.70. The van der Waals surface area contributed by atoms with Crippen LogP contribution in [0.25, 0.3) is 0 Å². The molecular weight excluding hydrogens is 343 g/mol. The van der Waals surface area contributed by atoms with Crippen LogP contribution >= 0.6 is 11.8 Å². The van der Waals surface area contributed by atoms with Gasteiger partial charge in [0.15, 0.2) is 5.12 Å². The number of amides is 2. The fraction of sp³-hybridized carbons (Fsp3) is 0.500. The highest BCUT2D eigenvalue weighted by atomic mass is 32.2. The Balaban J connectivity index is 1.76. The first-order chi connectivity index (χ1) is 12.0. The van der Waals surface area contributed by atoms with E-state index in [4.69, 9.17) is 0 Å². The molecule has 1 aromatic carbocycles. The van der Waals surface area contributed by atoms with Crippen molar-refractivity contribution >= 4 is 34.4 Å². The van der Waals surface area contributed by atoms with E-state index >= 15 is 0 Å². The van der Waals surface area contributed by atoms with Gasteiger partial charge in [-0.3, -0.25) is 19.3 Å². The maximum atomic E-state index is 14.2. The Labute approximate surface area is 150 Å². The average Bonchev–Trinajstić information content (AvgIpc) is 3.24. The second kappa shape index (κ2) is 7.99. The summed E-state index contributed by atoms with van der Waals surface area (Å²) < 4.78 is 14.2. The molecule has 1 N–H and O–H groups in total. The molecule has 3 rings (SSSR count). The fourth-order valence-corrected chi connectivity index (χ4v) is 4.30. The Kier molecular flexibility index (Phi) is 5.73. The number of nitrogens with zero attached hydrogens (tertiary/aromatic N) is 1. The Bertz CT molecular complexity index is 676. The predicted molar refractivity (Wildman–Crippen MR) is 94.7 cm³/mol. The summed E-state index contributed by atoms with van der Waals surface area (Å²) in [6, 6.07) is 6.05. The summed E-state index contributed by atoms with van der Waals surface area (Å²) in [7, 11) is 0. The maximum absolute atomic E-state index is 14.2.